The summed E-state index contributed by atoms with van der Waals surface area (Å²) in [5, 5.41) is 2.69. The highest BCUT2D eigenvalue weighted by Gasteiger charge is 2.34. The molecule has 0 spiro atoms. The van der Waals surface area contributed by atoms with Gasteiger partial charge in [-0.1, -0.05) is 29.3 Å². The molecule has 2 aromatic rings. The number of carbonyl (C=O) groups is 1. The third-order valence-corrected chi connectivity index (χ3v) is 3.68. The molecule has 0 aliphatic rings. The van der Waals surface area contributed by atoms with E-state index in [0.29, 0.717) is 10.6 Å². The van der Waals surface area contributed by atoms with Crippen LogP contribution in [0.3, 0.4) is 0 Å². The summed E-state index contributed by atoms with van der Waals surface area (Å²) >= 11 is 11.7. The number of carbonyl (C=O) groups excluding carboxylic acids is 1. The summed E-state index contributed by atoms with van der Waals surface area (Å²) in [4.78, 5) is 23.6. The van der Waals surface area contributed by atoms with E-state index >= 15 is 0 Å². The summed E-state index contributed by atoms with van der Waals surface area (Å²) in [6.45, 7) is -0.592. The first-order chi connectivity index (χ1) is 10.7. The van der Waals surface area contributed by atoms with Crippen LogP contribution in [0.1, 0.15) is 5.56 Å². The van der Waals surface area contributed by atoms with Gasteiger partial charge in [0.05, 0.1) is 15.7 Å². The minimum absolute atomic E-state index is 0.0962. The number of rotatable bonds is 3. The largest absolute Gasteiger partial charge is 0.421 e. The van der Waals surface area contributed by atoms with Crippen LogP contribution in [-0.2, 0) is 17.5 Å². The number of amides is 1. The van der Waals surface area contributed by atoms with Gasteiger partial charge in [0, 0.05) is 6.20 Å². The van der Waals surface area contributed by atoms with Crippen molar-refractivity contribution in [2.24, 2.45) is 0 Å². The molecule has 23 heavy (non-hydrogen) atoms. The second-order valence-corrected chi connectivity index (χ2v) is 5.29. The molecule has 1 heterocycles. The van der Waals surface area contributed by atoms with E-state index in [1.807, 2.05) is 0 Å². The van der Waals surface area contributed by atoms with Crippen molar-refractivity contribution >= 4 is 34.8 Å². The van der Waals surface area contributed by atoms with Gasteiger partial charge in [0.1, 0.15) is 12.1 Å². The molecule has 0 saturated heterocycles. The van der Waals surface area contributed by atoms with E-state index in [0.717, 1.165) is 12.3 Å². The maximum Gasteiger partial charge on any atom is 0.421 e. The van der Waals surface area contributed by atoms with Gasteiger partial charge in [-0.25, -0.2) is 0 Å². The Balaban J connectivity index is 2.22. The average molecular weight is 365 g/mol. The maximum absolute atomic E-state index is 12.7. The number of nitrogens with one attached hydrogen (secondary N) is 1. The molecule has 0 unspecified atom stereocenters. The molecule has 0 atom stereocenters. The Morgan fingerprint density at radius 2 is 1.87 bits per heavy atom. The molecule has 4 nitrogen and oxygen atoms in total. The molecular formula is C14H9Cl2F3N2O2. The standard InChI is InChI=1S/C14H9Cl2F3N2O2/c15-9-4-1-5-10(12(9)16)20-11(22)7-21-6-2-3-8(13(21)23)14(17,18)19/h1-6H,7H2,(H,20,22). The van der Waals surface area contributed by atoms with E-state index in [-0.39, 0.29) is 15.7 Å². The third kappa shape index (κ3) is 4.05. The molecule has 0 aliphatic carbocycles. The molecule has 1 amide bonds. The van der Waals surface area contributed by atoms with Crippen molar-refractivity contribution in [2.75, 3.05) is 5.32 Å². The summed E-state index contributed by atoms with van der Waals surface area (Å²) in [5.74, 6) is -0.712. The molecule has 0 aliphatic heterocycles. The van der Waals surface area contributed by atoms with Crippen LogP contribution >= 0.6 is 23.2 Å². The zero-order valence-corrected chi connectivity index (χ0v) is 12.8. The minimum atomic E-state index is -4.78. The van der Waals surface area contributed by atoms with Gasteiger partial charge in [0.25, 0.3) is 5.56 Å². The van der Waals surface area contributed by atoms with Crippen molar-refractivity contribution in [3.63, 3.8) is 0 Å². The van der Waals surface area contributed by atoms with Gasteiger partial charge < -0.3 is 9.88 Å². The van der Waals surface area contributed by atoms with Gasteiger partial charge in [0.2, 0.25) is 5.91 Å². The lowest BCUT2D eigenvalue weighted by molar-refractivity contribution is -0.139. The number of benzene rings is 1. The Kier molecular flexibility index (Phi) is 5.01. The number of hydrogen-bond donors (Lipinski definition) is 1. The third-order valence-electron chi connectivity index (χ3n) is 2.87. The van der Waals surface area contributed by atoms with E-state index in [9.17, 15) is 22.8 Å². The summed E-state index contributed by atoms with van der Waals surface area (Å²) in [6, 6.07) is 6.23. The smallest absolute Gasteiger partial charge is 0.323 e. The number of anilines is 1. The van der Waals surface area contributed by atoms with Crippen LogP contribution in [-0.4, -0.2) is 10.5 Å². The monoisotopic (exact) mass is 364 g/mol. The van der Waals surface area contributed by atoms with Crippen LogP contribution < -0.4 is 10.9 Å². The normalized spacial score (nSPS) is 11.3. The Labute approximate surface area is 138 Å². The van der Waals surface area contributed by atoms with Crippen LogP contribution in [0.25, 0.3) is 0 Å². The first-order valence-corrected chi connectivity index (χ1v) is 6.96. The molecular weight excluding hydrogens is 356 g/mol. The van der Waals surface area contributed by atoms with Gasteiger partial charge in [-0.2, -0.15) is 13.2 Å². The van der Waals surface area contributed by atoms with E-state index in [1.165, 1.54) is 12.1 Å². The molecule has 0 radical (unpaired) electrons. The SMILES string of the molecule is O=C(Cn1cccc(C(F)(F)F)c1=O)Nc1cccc(Cl)c1Cl. The number of hydrogen-bond acceptors (Lipinski definition) is 2. The zero-order chi connectivity index (χ0) is 17.2. The van der Waals surface area contributed by atoms with E-state index in [1.54, 1.807) is 6.07 Å². The highest BCUT2D eigenvalue weighted by molar-refractivity contribution is 6.43. The predicted octanol–water partition coefficient (Wildman–Crippen LogP) is 3.81. The van der Waals surface area contributed by atoms with Crippen LogP contribution in [0, 0.1) is 0 Å². The van der Waals surface area contributed by atoms with Gasteiger partial charge in [-0.3, -0.25) is 9.59 Å². The fourth-order valence-electron chi connectivity index (χ4n) is 1.82. The first-order valence-electron chi connectivity index (χ1n) is 6.20. The summed E-state index contributed by atoms with van der Waals surface area (Å²) < 4.78 is 38.7. The van der Waals surface area contributed by atoms with Crippen LogP contribution in [0.5, 0.6) is 0 Å². The lowest BCUT2D eigenvalue weighted by Crippen LogP contribution is -2.32. The topological polar surface area (TPSA) is 51.1 Å². The molecule has 0 bridgehead atoms. The second-order valence-electron chi connectivity index (χ2n) is 4.50. The van der Waals surface area contributed by atoms with E-state index < -0.39 is 29.8 Å². The summed E-state index contributed by atoms with van der Waals surface area (Å²) in [6.07, 6.45) is -3.69. The predicted molar refractivity (Wildman–Crippen MR) is 80.8 cm³/mol. The van der Waals surface area contributed by atoms with Gasteiger partial charge in [0.15, 0.2) is 0 Å². The van der Waals surface area contributed by atoms with Gasteiger partial charge in [-0.15, -0.1) is 0 Å². The molecule has 0 fully saturated rings. The minimum Gasteiger partial charge on any atom is -0.323 e. The van der Waals surface area contributed by atoms with E-state index in [4.69, 9.17) is 23.2 Å². The quantitative estimate of drug-likeness (QED) is 0.899. The molecule has 9 heteroatoms. The number of pyridine rings is 1. The number of aromatic nitrogens is 1. The molecule has 1 N–H and O–H groups in total. The number of halogens is 5. The Morgan fingerprint density at radius 1 is 1.17 bits per heavy atom. The van der Waals surface area contributed by atoms with Crippen LogP contribution in [0.4, 0.5) is 18.9 Å². The summed E-state index contributed by atoms with van der Waals surface area (Å²) in [5.41, 5.74) is -2.44. The van der Waals surface area contributed by atoms with Crippen molar-refractivity contribution in [1.29, 1.82) is 0 Å². The summed E-state index contributed by atoms with van der Waals surface area (Å²) in [7, 11) is 0. The fraction of sp³-hybridized carbons (Fsp3) is 0.143. The fourth-order valence-corrected chi connectivity index (χ4v) is 2.17. The van der Waals surface area contributed by atoms with Crippen molar-refractivity contribution in [2.45, 2.75) is 12.7 Å². The first kappa shape index (κ1) is 17.4. The van der Waals surface area contributed by atoms with E-state index in [2.05, 4.69) is 5.32 Å². The highest BCUT2D eigenvalue weighted by atomic mass is 35.5. The zero-order valence-electron chi connectivity index (χ0n) is 11.3. The van der Waals surface area contributed by atoms with Crippen molar-refractivity contribution in [1.82, 2.24) is 4.57 Å². The Bertz CT molecular complexity index is 803. The van der Waals surface area contributed by atoms with Gasteiger partial charge in [-0.05, 0) is 24.3 Å². The molecule has 1 aromatic heterocycles. The average Bonchev–Trinajstić information content (AvgIpc) is 2.45. The highest BCUT2D eigenvalue weighted by Crippen LogP contribution is 2.29. The van der Waals surface area contributed by atoms with Crippen molar-refractivity contribution in [3.05, 3.63) is 62.5 Å². The lowest BCUT2D eigenvalue weighted by atomic mass is 10.2. The van der Waals surface area contributed by atoms with Crippen molar-refractivity contribution in [3.8, 4) is 0 Å². The van der Waals surface area contributed by atoms with Crippen LogP contribution in [0.2, 0.25) is 10.0 Å². The molecule has 1 aromatic carbocycles. The molecule has 2 rings (SSSR count). The number of nitrogens with zero attached hydrogens (tertiary/aromatic N) is 1. The van der Waals surface area contributed by atoms with Crippen molar-refractivity contribution < 1.29 is 18.0 Å². The van der Waals surface area contributed by atoms with Crippen LogP contribution in [0.15, 0.2) is 41.3 Å². The Morgan fingerprint density at radius 3 is 2.52 bits per heavy atom. The lowest BCUT2D eigenvalue weighted by Gasteiger charge is -2.11. The van der Waals surface area contributed by atoms with Gasteiger partial charge >= 0.3 is 6.18 Å². The second kappa shape index (κ2) is 6.64. The maximum atomic E-state index is 12.7. The molecule has 122 valence electrons. The number of alkyl halides is 3. The Hall–Kier alpha value is -1.99. The molecule has 0 saturated carbocycles.